The van der Waals surface area contributed by atoms with E-state index in [4.69, 9.17) is 16.6 Å². The summed E-state index contributed by atoms with van der Waals surface area (Å²) >= 11 is 8.64. The molecule has 1 aliphatic heterocycles. The van der Waals surface area contributed by atoms with Crippen LogP contribution in [0.3, 0.4) is 0 Å². The molecule has 0 unspecified atom stereocenters. The second kappa shape index (κ2) is 5.56. The first kappa shape index (κ1) is 13.0. The molecule has 0 aliphatic carbocycles. The Morgan fingerprint density at radius 2 is 1.89 bits per heavy atom. The summed E-state index contributed by atoms with van der Waals surface area (Å²) in [6, 6.07) is 7.86. The zero-order valence-electron chi connectivity index (χ0n) is 10.4. The van der Waals surface area contributed by atoms with Gasteiger partial charge in [0.15, 0.2) is 0 Å². The fraction of sp³-hybridized carbons (Fsp3) is 0.385. The summed E-state index contributed by atoms with van der Waals surface area (Å²) in [5.41, 5.74) is 0.939. The van der Waals surface area contributed by atoms with Crippen molar-refractivity contribution < 1.29 is 4.42 Å². The number of hydrogen-bond donors (Lipinski definition) is 0. The van der Waals surface area contributed by atoms with Gasteiger partial charge in [-0.05, 0) is 62.4 Å². The maximum atomic E-state index is 5.58. The van der Waals surface area contributed by atoms with Gasteiger partial charge in [0.05, 0.1) is 6.67 Å². The summed E-state index contributed by atoms with van der Waals surface area (Å²) in [5.74, 6) is 0.580. The molecular formula is C13H14BrN3OS. The topological polar surface area (TPSA) is 34.2 Å². The molecule has 100 valence electrons. The highest BCUT2D eigenvalue weighted by Gasteiger charge is 2.14. The Kier molecular flexibility index (Phi) is 3.81. The lowest BCUT2D eigenvalue weighted by molar-refractivity contribution is 0.249. The van der Waals surface area contributed by atoms with Gasteiger partial charge in [-0.2, -0.15) is 0 Å². The third-order valence-corrected chi connectivity index (χ3v) is 4.05. The van der Waals surface area contributed by atoms with Gasteiger partial charge in [0.1, 0.15) is 0 Å². The van der Waals surface area contributed by atoms with Gasteiger partial charge in [-0.25, -0.2) is 4.68 Å². The van der Waals surface area contributed by atoms with Crippen LogP contribution in [0, 0.1) is 4.84 Å². The van der Waals surface area contributed by atoms with Crippen molar-refractivity contribution in [2.45, 2.75) is 19.5 Å². The molecule has 1 aromatic heterocycles. The molecule has 6 heteroatoms. The Morgan fingerprint density at radius 1 is 1.21 bits per heavy atom. The molecule has 0 amide bonds. The van der Waals surface area contributed by atoms with E-state index in [1.807, 2.05) is 24.3 Å². The van der Waals surface area contributed by atoms with Gasteiger partial charge in [0, 0.05) is 10.0 Å². The van der Waals surface area contributed by atoms with Gasteiger partial charge in [0.2, 0.25) is 5.89 Å². The second-order valence-corrected chi connectivity index (χ2v) is 5.91. The van der Waals surface area contributed by atoms with E-state index in [9.17, 15) is 0 Å². The maximum absolute atomic E-state index is 5.58. The van der Waals surface area contributed by atoms with Crippen LogP contribution < -0.4 is 0 Å². The molecular weight excluding hydrogens is 326 g/mol. The maximum Gasteiger partial charge on any atom is 0.288 e. The van der Waals surface area contributed by atoms with E-state index in [-0.39, 0.29) is 0 Å². The lowest BCUT2D eigenvalue weighted by Crippen LogP contribution is -2.23. The minimum absolute atomic E-state index is 0.435. The molecule has 1 aromatic carbocycles. The summed E-state index contributed by atoms with van der Waals surface area (Å²) in [7, 11) is 0. The van der Waals surface area contributed by atoms with Crippen molar-refractivity contribution in [1.82, 2.24) is 14.7 Å². The molecule has 1 fully saturated rings. The lowest BCUT2D eigenvalue weighted by atomic mass is 10.2. The monoisotopic (exact) mass is 339 g/mol. The smallest absolute Gasteiger partial charge is 0.288 e. The molecule has 2 heterocycles. The predicted molar refractivity (Wildman–Crippen MR) is 79.3 cm³/mol. The fourth-order valence-corrected chi connectivity index (χ4v) is 2.66. The van der Waals surface area contributed by atoms with E-state index in [1.165, 1.54) is 12.8 Å². The molecule has 3 rings (SSSR count). The molecule has 1 aliphatic rings. The average Bonchev–Trinajstić information content (AvgIpc) is 3.02. The summed E-state index contributed by atoms with van der Waals surface area (Å²) in [5, 5.41) is 4.46. The van der Waals surface area contributed by atoms with E-state index in [0.717, 1.165) is 29.8 Å². The van der Waals surface area contributed by atoms with Gasteiger partial charge in [-0.3, -0.25) is 4.90 Å². The van der Waals surface area contributed by atoms with E-state index in [0.29, 0.717) is 10.7 Å². The number of aromatic nitrogens is 2. The van der Waals surface area contributed by atoms with Crippen molar-refractivity contribution in [3.8, 4) is 11.5 Å². The molecule has 2 aromatic rings. The second-order valence-electron chi connectivity index (χ2n) is 4.65. The Morgan fingerprint density at radius 3 is 2.58 bits per heavy atom. The van der Waals surface area contributed by atoms with Crippen LogP contribution in [0.5, 0.6) is 0 Å². The van der Waals surface area contributed by atoms with Crippen molar-refractivity contribution in [3.05, 3.63) is 33.6 Å². The largest absolute Gasteiger partial charge is 0.409 e. The van der Waals surface area contributed by atoms with Crippen LogP contribution in [0.2, 0.25) is 0 Å². The summed E-state index contributed by atoms with van der Waals surface area (Å²) in [6.45, 7) is 2.95. The third kappa shape index (κ3) is 2.96. The number of nitrogens with zero attached hydrogens (tertiary/aromatic N) is 3. The highest BCUT2D eigenvalue weighted by Crippen LogP contribution is 2.21. The molecule has 0 bridgehead atoms. The Labute approximate surface area is 125 Å². The minimum atomic E-state index is 0.435. The first-order valence-corrected chi connectivity index (χ1v) is 7.49. The Bertz CT molecular complexity index is 614. The van der Waals surface area contributed by atoms with E-state index < -0.39 is 0 Å². The van der Waals surface area contributed by atoms with Crippen LogP contribution in [0.25, 0.3) is 11.5 Å². The van der Waals surface area contributed by atoms with E-state index >= 15 is 0 Å². The van der Waals surface area contributed by atoms with Crippen molar-refractivity contribution in [3.63, 3.8) is 0 Å². The summed E-state index contributed by atoms with van der Waals surface area (Å²) in [4.78, 5) is 2.77. The van der Waals surface area contributed by atoms with E-state index in [2.05, 4.69) is 25.9 Å². The van der Waals surface area contributed by atoms with Crippen LogP contribution in [0.1, 0.15) is 12.8 Å². The normalized spacial score (nSPS) is 16.1. The minimum Gasteiger partial charge on any atom is -0.409 e. The van der Waals surface area contributed by atoms with Crippen molar-refractivity contribution >= 4 is 28.1 Å². The molecule has 0 spiro atoms. The van der Waals surface area contributed by atoms with Crippen molar-refractivity contribution in [1.29, 1.82) is 0 Å². The zero-order chi connectivity index (χ0) is 13.2. The zero-order valence-corrected chi connectivity index (χ0v) is 12.8. The number of hydrogen-bond acceptors (Lipinski definition) is 4. The number of benzene rings is 1. The SMILES string of the molecule is S=c1oc(-c2ccc(Br)cc2)nn1CN1CCCC1. The number of halogens is 1. The molecule has 0 saturated carbocycles. The van der Waals surface area contributed by atoms with Crippen LogP contribution in [0.4, 0.5) is 0 Å². The van der Waals surface area contributed by atoms with Crippen molar-refractivity contribution in [2.24, 2.45) is 0 Å². The van der Waals surface area contributed by atoms with Gasteiger partial charge in [-0.15, -0.1) is 5.10 Å². The van der Waals surface area contributed by atoms with Crippen LogP contribution in [0.15, 0.2) is 33.2 Å². The van der Waals surface area contributed by atoms with Crippen LogP contribution in [-0.4, -0.2) is 27.8 Å². The standard InChI is InChI=1S/C13H14BrN3OS/c14-11-5-3-10(4-6-11)12-15-17(13(19)18-12)9-16-7-1-2-8-16/h3-6H,1-2,7-9H2. The van der Waals surface area contributed by atoms with Gasteiger partial charge >= 0.3 is 0 Å². The van der Waals surface area contributed by atoms with Crippen LogP contribution in [-0.2, 0) is 6.67 Å². The molecule has 0 radical (unpaired) electrons. The third-order valence-electron chi connectivity index (χ3n) is 3.23. The Hall–Kier alpha value is -0.980. The fourth-order valence-electron chi connectivity index (χ4n) is 2.22. The first-order chi connectivity index (χ1) is 9.22. The van der Waals surface area contributed by atoms with Crippen LogP contribution >= 0.6 is 28.1 Å². The Balaban J connectivity index is 1.84. The van der Waals surface area contributed by atoms with E-state index in [1.54, 1.807) is 4.68 Å². The molecule has 1 saturated heterocycles. The highest BCUT2D eigenvalue weighted by molar-refractivity contribution is 9.10. The molecule has 0 N–H and O–H groups in total. The molecule has 19 heavy (non-hydrogen) atoms. The average molecular weight is 340 g/mol. The number of likely N-dealkylation sites (tertiary alicyclic amines) is 1. The molecule has 0 atom stereocenters. The first-order valence-electron chi connectivity index (χ1n) is 6.28. The molecule has 4 nitrogen and oxygen atoms in total. The summed E-state index contributed by atoms with van der Waals surface area (Å²) in [6.07, 6.45) is 2.51. The summed E-state index contributed by atoms with van der Waals surface area (Å²) < 4.78 is 8.37. The lowest BCUT2D eigenvalue weighted by Gasteiger charge is -2.12. The van der Waals surface area contributed by atoms with Gasteiger partial charge in [0.25, 0.3) is 4.84 Å². The highest BCUT2D eigenvalue weighted by atomic mass is 79.9. The van der Waals surface area contributed by atoms with Gasteiger partial charge in [-0.1, -0.05) is 15.9 Å². The van der Waals surface area contributed by atoms with Crippen molar-refractivity contribution in [2.75, 3.05) is 13.1 Å². The number of rotatable bonds is 3. The quantitative estimate of drug-likeness (QED) is 0.798. The van der Waals surface area contributed by atoms with Gasteiger partial charge < -0.3 is 4.42 Å². The predicted octanol–water partition coefficient (Wildman–Crippen LogP) is 3.69.